The third kappa shape index (κ3) is 2.59. The third-order valence-corrected chi connectivity index (χ3v) is 4.52. The smallest absolute Gasteiger partial charge is 0.244 e. The molecule has 1 unspecified atom stereocenters. The summed E-state index contributed by atoms with van der Waals surface area (Å²) in [4.78, 5) is 14.9. The van der Waals surface area contributed by atoms with Gasteiger partial charge in [0.25, 0.3) is 0 Å². The van der Waals surface area contributed by atoms with Gasteiger partial charge in [-0.15, -0.1) is 0 Å². The van der Waals surface area contributed by atoms with Crippen LogP contribution >= 0.6 is 0 Å². The average Bonchev–Trinajstić information content (AvgIpc) is 3.11. The monoisotopic (exact) mass is 286 g/mol. The van der Waals surface area contributed by atoms with Crippen LogP contribution in [0.2, 0.25) is 0 Å². The van der Waals surface area contributed by atoms with Gasteiger partial charge in [0.2, 0.25) is 5.91 Å². The van der Waals surface area contributed by atoms with Crippen molar-refractivity contribution in [2.75, 3.05) is 6.54 Å². The minimum atomic E-state index is -0.258. The fourth-order valence-corrected chi connectivity index (χ4v) is 3.25. The van der Waals surface area contributed by atoms with E-state index in [2.05, 4.69) is 63.0 Å². The van der Waals surface area contributed by atoms with E-state index in [0.29, 0.717) is 5.91 Å². The molecule has 1 amide bonds. The molecule has 0 aromatic heterocycles. The number of nitrogens with zero attached hydrogens (tertiary/aromatic N) is 1. The van der Waals surface area contributed by atoms with Crippen LogP contribution < -0.4 is 5.32 Å². The van der Waals surface area contributed by atoms with Crippen LogP contribution in [-0.2, 0) is 4.79 Å². The first kappa shape index (κ1) is 14.6. The highest BCUT2D eigenvalue weighted by Crippen LogP contribution is 2.47. The van der Waals surface area contributed by atoms with E-state index in [1.807, 2.05) is 0 Å². The van der Waals surface area contributed by atoms with Crippen molar-refractivity contribution in [3.8, 4) is 0 Å². The van der Waals surface area contributed by atoms with E-state index in [1.165, 1.54) is 16.7 Å². The molecule has 114 valence electrons. The highest BCUT2D eigenvalue weighted by atomic mass is 16.2. The first-order valence-electron chi connectivity index (χ1n) is 7.88. The van der Waals surface area contributed by atoms with E-state index in [-0.39, 0.29) is 17.1 Å². The Bertz CT molecular complexity index is 581. The van der Waals surface area contributed by atoms with Crippen LogP contribution in [0.4, 0.5) is 0 Å². The summed E-state index contributed by atoms with van der Waals surface area (Å²) in [5.41, 5.74) is 3.59. The molecule has 2 fully saturated rings. The predicted octanol–water partition coefficient (Wildman–Crippen LogP) is 3.31. The summed E-state index contributed by atoms with van der Waals surface area (Å²) < 4.78 is 0. The fraction of sp³-hybridized carbons (Fsp3) is 0.611. The van der Waals surface area contributed by atoms with Crippen LogP contribution in [0.25, 0.3) is 0 Å². The molecule has 1 spiro atoms. The standard InChI is InChI=1S/C18H26N2O/c1-12-6-7-13(2)14(10-12)15-19-18(8-9-18)16(21)20(15)11-17(3,4)5/h6-7,10,15,19H,8-9,11H2,1-5H3. The molecule has 1 aliphatic heterocycles. The molecule has 1 N–H and O–H groups in total. The summed E-state index contributed by atoms with van der Waals surface area (Å²) in [6.45, 7) is 11.6. The fourth-order valence-electron chi connectivity index (χ4n) is 3.25. The molecule has 1 atom stereocenters. The lowest BCUT2D eigenvalue weighted by molar-refractivity contribution is -0.132. The van der Waals surface area contributed by atoms with Gasteiger partial charge < -0.3 is 4.90 Å². The molecule has 1 saturated carbocycles. The van der Waals surface area contributed by atoms with Gasteiger partial charge in [-0.25, -0.2) is 0 Å². The Labute approximate surface area is 127 Å². The maximum absolute atomic E-state index is 12.8. The molecule has 0 bridgehead atoms. The van der Waals surface area contributed by atoms with E-state index < -0.39 is 0 Å². The summed E-state index contributed by atoms with van der Waals surface area (Å²) >= 11 is 0. The number of carbonyl (C=O) groups is 1. The van der Waals surface area contributed by atoms with Crippen LogP contribution in [0, 0.1) is 19.3 Å². The molecular formula is C18H26N2O. The first-order valence-corrected chi connectivity index (χ1v) is 7.88. The topological polar surface area (TPSA) is 32.3 Å². The van der Waals surface area contributed by atoms with Crippen LogP contribution in [0.1, 0.15) is 56.5 Å². The van der Waals surface area contributed by atoms with Crippen LogP contribution in [0.5, 0.6) is 0 Å². The molecule has 21 heavy (non-hydrogen) atoms. The van der Waals surface area contributed by atoms with Crippen molar-refractivity contribution < 1.29 is 4.79 Å². The minimum absolute atomic E-state index is 0.0270. The molecule has 0 radical (unpaired) electrons. The quantitative estimate of drug-likeness (QED) is 0.904. The average molecular weight is 286 g/mol. The molecule has 1 aliphatic carbocycles. The summed E-state index contributed by atoms with van der Waals surface area (Å²) in [5.74, 6) is 0.295. The van der Waals surface area contributed by atoms with Crippen molar-refractivity contribution in [3.63, 3.8) is 0 Å². The van der Waals surface area contributed by atoms with Crippen LogP contribution in [0.3, 0.4) is 0 Å². The van der Waals surface area contributed by atoms with Gasteiger partial charge in [0.05, 0.1) is 0 Å². The Morgan fingerprint density at radius 2 is 1.95 bits per heavy atom. The van der Waals surface area contributed by atoms with Gasteiger partial charge in [-0.3, -0.25) is 10.1 Å². The molecule has 1 heterocycles. The lowest BCUT2D eigenvalue weighted by Crippen LogP contribution is -2.38. The highest BCUT2D eigenvalue weighted by molar-refractivity contribution is 5.92. The van der Waals surface area contributed by atoms with Crippen molar-refractivity contribution in [1.82, 2.24) is 10.2 Å². The highest BCUT2D eigenvalue weighted by Gasteiger charge is 2.59. The molecule has 1 aromatic carbocycles. The summed E-state index contributed by atoms with van der Waals surface area (Å²) in [6, 6.07) is 6.51. The normalized spacial score (nSPS) is 24.0. The minimum Gasteiger partial charge on any atom is -0.321 e. The van der Waals surface area contributed by atoms with Crippen LogP contribution in [0.15, 0.2) is 18.2 Å². The Balaban J connectivity index is 1.98. The second-order valence-corrected chi connectivity index (χ2v) is 7.98. The number of hydrogen-bond donors (Lipinski definition) is 1. The van der Waals surface area contributed by atoms with E-state index in [1.54, 1.807) is 0 Å². The van der Waals surface area contributed by atoms with Crippen molar-refractivity contribution in [2.24, 2.45) is 5.41 Å². The van der Waals surface area contributed by atoms with Crippen molar-refractivity contribution in [3.05, 3.63) is 34.9 Å². The number of hydrogen-bond acceptors (Lipinski definition) is 2. The zero-order valence-corrected chi connectivity index (χ0v) is 13.8. The Hall–Kier alpha value is -1.35. The largest absolute Gasteiger partial charge is 0.321 e. The van der Waals surface area contributed by atoms with E-state index >= 15 is 0 Å². The Morgan fingerprint density at radius 1 is 1.29 bits per heavy atom. The van der Waals surface area contributed by atoms with Gasteiger partial charge in [0, 0.05) is 6.54 Å². The van der Waals surface area contributed by atoms with Crippen molar-refractivity contribution >= 4 is 5.91 Å². The molecular weight excluding hydrogens is 260 g/mol. The summed E-state index contributed by atoms with van der Waals surface area (Å²) in [6.07, 6.45) is 1.99. The Kier molecular flexibility index (Phi) is 3.17. The maximum atomic E-state index is 12.8. The number of benzene rings is 1. The van der Waals surface area contributed by atoms with Gasteiger partial charge in [-0.1, -0.05) is 44.5 Å². The van der Waals surface area contributed by atoms with Gasteiger partial charge >= 0.3 is 0 Å². The molecule has 3 rings (SSSR count). The molecule has 1 aromatic rings. The summed E-state index contributed by atoms with van der Waals surface area (Å²) in [5, 5.41) is 3.62. The predicted molar refractivity (Wildman–Crippen MR) is 84.9 cm³/mol. The number of rotatable bonds is 2. The SMILES string of the molecule is Cc1ccc(C)c(C2NC3(CC3)C(=O)N2CC(C)(C)C)c1. The number of aryl methyl sites for hydroxylation is 2. The zero-order valence-electron chi connectivity index (χ0n) is 13.8. The second kappa shape index (κ2) is 4.57. The van der Waals surface area contributed by atoms with Gasteiger partial charge in [0.15, 0.2) is 0 Å². The third-order valence-electron chi connectivity index (χ3n) is 4.52. The number of nitrogens with one attached hydrogen (secondary N) is 1. The van der Waals surface area contributed by atoms with Crippen LogP contribution in [-0.4, -0.2) is 22.9 Å². The second-order valence-electron chi connectivity index (χ2n) is 7.98. The first-order chi connectivity index (χ1) is 9.72. The van der Waals surface area contributed by atoms with E-state index in [0.717, 1.165) is 19.4 Å². The lowest BCUT2D eigenvalue weighted by Gasteiger charge is -2.32. The van der Waals surface area contributed by atoms with Crippen molar-refractivity contribution in [1.29, 1.82) is 0 Å². The maximum Gasteiger partial charge on any atom is 0.244 e. The van der Waals surface area contributed by atoms with Gasteiger partial charge in [0.1, 0.15) is 11.7 Å². The van der Waals surface area contributed by atoms with Gasteiger partial charge in [-0.05, 0) is 43.2 Å². The zero-order chi connectivity index (χ0) is 15.4. The molecule has 3 heteroatoms. The molecule has 3 nitrogen and oxygen atoms in total. The molecule has 2 aliphatic rings. The van der Waals surface area contributed by atoms with Crippen molar-refractivity contribution in [2.45, 2.75) is 59.2 Å². The summed E-state index contributed by atoms with van der Waals surface area (Å²) in [7, 11) is 0. The van der Waals surface area contributed by atoms with E-state index in [4.69, 9.17) is 0 Å². The van der Waals surface area contributed by atoms with E-state index in [9.17, 15) is 4.79 Å². The number of carbonyl (C=O) groups excluding carboxylic acids is 1. The number of amides is 1. The molecule has 1 saturated heterocycles. The van der Waals surface area contributed by atoms with Gasteiger partial charge in [-0.2, -0.15) is 0 Å². The Morgan fingerprint density at radius 3 is 2.52 bits per heavy atom. The lowest BCUT2D eigenvalue weighted by atomic mass is 9.95.